The quantitative estimate of drug-likeness (QED) is 0.646. The molecule has 0 radical (unpaired) electrons. The number of rotatable bonds is 5. The predicted molar refractivity (Wildman–Crippen MR) is 76.8 cm³/mol. The molecule has 1 aliphatic rings. The molecule has 0 aromatic heterocycles. The smallest absolute Gasteiger partial charge is 0.0652 e. The summed E-state index contributed by atoms with van der Waals surface area (Å²) in [5.74, 6) is 0. The number of halogens is 3. The summed E-state index contributed by atoms with van der Waals surface area (Å²) in [6.07, 6.45) is 3.77. The highest BCUT2D eigenvalue weighted by molar-refractivity contribution is 6.44. The molecule has 1 fully saturated rings. The van der Waals surface area contributed by atoms with E-state index >= 15 is 0 Å². The Morgan fingerprint density at radius 2 is 2.00 bits per heavy atom. The van der Waals surface area contributed by atoms with Gasteiger partial charge in [0.25, 0.3) is 0 Å². The van der Waals surface area contributed by atoms with Crippen molar-refractivity contribution >= 4 is 34.8 Å². The van der Waals surface area contributed by atoms with Crippen LogP contribution < -0.4 is 5.32 Å². The molecule has 100 valence electrons. The molecule has 0 saturated carbocycles. The Bertz CT molecular complexity index is 405. The summed E-state index contributed by atoms with van der Waals surface area (Å²) < 4.78 is 5.56. The van der Waals surface area contributed by atoms with E-state index in [1.807, 2.05) is 0 Å². The van der Waals surface area contributed by atoms with E-state index in [2.05, 4.69) is 5.32 Å². The van der Waals surface area contributed by atoms with Crippen LogP contribution in [0.1, 0.15) is 24.8 Å². The Hall–Kier alpha value is 0.01000. The van der Waals surface area contributed by atoms with Gasteiger partial charge >= 0.3 is 0 Å². The van der Waals surface area contributed by atoms with Crippen molar-refractivity contribution in [1.82, 2.24) is 5.32 Å². The fraction of sp³-hybridized carbons (Fsp3) is 0.538. The maximum Gasteiger partial charge on any atom is 0.0652 e. The first-order valence-corrected chi connectivity index (χ1v) is 7.26. The monoisotopic (exact) mass is 307 g/mol. The number of hydrogen-bond acceptors (Lipinski definition) is 2. The topological polar surface area (TPSA) is 21.3 Å². The van der Waals surface area contributed by atoms with E-state index < -0.39 is 0 Å². The minimum absolute atomic E-state index is 0.405. The second kappa shape index (κ2) is 6.97. The van der Waals surface area contributed by atoms with Gasteiger partial charge in [0.15, 0.2) is 0 Å². The van der Waals surface area contributed by atoms with Gasteiger partial charge in [-0.2, -0.15) is 0 Å². The van der Waals surface area contributed by atoms with Gasteiger partial charge in [-0.25, -0.2) is 0 Å². The van der Waals surface area contributed by atoms with Crippen molar-refractivity contribution in [1.29, 1.82) is 0 Å². The number of hydrogen-bond donors (Lipinski definition) is 1. The number of benzene rings is 1. The fourth-order valence-electron chi connectivity index (χ4n) is 2.08. The highest BCUT2D eigenvalue weighted by atomic mass is 35.5. The molecule has 1 atom stereocenters. The van der Waals surface area contributed by atoms with Crippen LogP contribution in [0, 0.1) is 0 Å². The SMILES string of the molecule is Clc1ccc(Cl)c(CNCCC2CCCO2)c1Cl. The summed E-state index contributed by atoms with van der Waals surface area (Å²) >= 11 is 18.2. The second-order valence-corrected chi connectivity index (χ2v) is 5.61. The molecule has 1 N–H and O–H groups in total. The van der Waals surface area contributed by atoms with Crippen molar-refractivity contribution in [2.75, 3.05) is 13.2 Å². The van der Waals surface area contributed by atoms with Gasteiger partial charge in [0.05, 0.1) is 16.1 Å². The lowest BCUT2D eigenvalue weighted by atomic mass is 10.2. The van der Waals surface area contributed by atoms with Gasteiger partial charge in [-0.1, -0.05) is 34.8 Å². The van der Waals surface area contributed by atoms with E-state index in [9.17, 15) is 0 Å². The lowest BCUT2D eigenvalue weighted by molar-refractivity contribution is 0.104. The van der Waals surface area contributed by atoms with Crippen LogP contribution in [0.4, 0.5) is 0 Å². The molecule has 1 aromatic rings. The molecule has 2 rings (SSSR count). The van der Waals surface area contributed by atoms with Gasteiger partial charge in [0, 0.05) is 23.7 Å². The van der Waals surface area contributed by atoms with Crippen molar-refractivity contribution in [3.63, 3.8) is 0 Å². The minimum atomic E-state index is 0.405. The third-order valence-electron chi connectivity index (χ3n) is 3.11. The molecule has 5 heteroatoms. The zero-order valence-electron chi connectivity index (χ0n) is 10.0. The van der Waals surface area contributed by atoms with Crippen LogP contribution in [0.3, 0.4) is 0 Å². The van der Waals surface area contributed by atoms with E-state index in [4.69, 9.17) is 39.5 Å². The molecular formula is C13H16Cl3NO. The summed E-state index contributed by atoms with van der Waals surface area (Å²) in [5, 5.41) is 5.05. The Labute approximate surface area is 123 Å². The highest BCUT2D eigenvalue weighted by Gasteiger charge is 2.15. The van der Waals surface area contributed by atoms with Gasteiger partial charge in [-0.15, -0.1) is 0 Å². The Morgan fingerprint density at radius 1 is 1.22 bits per heavy atom. The van der Waals surface area contributed by atoms with E-state index in [0.29, 0.717) is 27.7 Å². The summed E-state index contributed by atoms with van der Waals surface area (Å²) in [6.45, 7) is 2.42. The number of ether oxygens (including phenoxy) is 1. The molecule has 0 bridgehead atoms. The summed E-state index contributed by atoms with van der Waals surface area (Å²) in [7, 11) is 0. The molecule has 1 aromatic carbocycles. The van der Waals surface area contributed by atoms with E-state index in [1.54, 1.807) is 12.1 Å². The maximum absolute atomic E-state index is 6.12. The molecular weight excluding hydrogens is 293 g/mol. The summed E-state index contributed by atoms with van der Waals surface area (Å²) in [4.78, 5) is 0. The molecule has 1 heterocycles. The second-order valence-electron chi connectivity index (χ2n) is 4.42. The summed E-state index contributed by atoms with van der Waals surface area (Å²) in [6, 6.07) is 3.48. The van der Waals surface area contributed by atoms with Crippen LogP contribution in [0.15, 0.2) is 12.1 Å². The van der Waals surface area contributed by atoms with Crippen molar-refractivity contribution < 1.29 is 4.74 Å². The van der Waals surface area contributed by atoms with Gasteiger partial charge in [-0.05, 0) is 37.9 Å². The molecule has 1 saturated heterocycles. The third kappa shape index (κ3) is 3.75. The van der Waals surface area contributed by atoms with Crippen LogP contribution in [0.2, 0.25) is 15.1 Å². The normalized spacial score (nSPS) is 19.4. The molecule has 1 aliphatic heterocycles. The van der Waals surface area contributed by atoms with Gasteiger partial charge < -0.3 is 10.1 Å². The molecule has 1 unspecified atom stereocenters. The Balaban J connectivity index is 1.80. The van der Waals surface area contributed by atoms with Crippen molar-refractivity contribution in [2.45, 2.75) is 31.9 Å². The first-order valence-electron chi connectivity index (χ1n) is 6.13. The first kappa shape index (κ1) is 14.4. The highest BCUT2D eigenvalue weighted by Crippen LogP contribution is 2.31. The number of nitrogens with one attached hydrogen (secondary N) is 1. The minimum Gasteiger partial charge on any atom is -0.378 e. The maximum atomic E-state index is 6.12. The average Bonchev–Trinajstić information content (AvgIpc) is 2.86. The lowest BCUT2D eigenvalue weighted by Gasteiger charge is -2.12. The average molecular weight is 309 g/mol. The van der Waals surface area contributed by atoms with Crippen LogP contribution in [-0.4, -0.2) is 19.3 Å². The van der Waals surface area contributed by atoms with Gasteiger partial charge in [0.2, 0.25) is 0 Å². The predicted octanol–water partition coefficient (Wildman–Crippen LogP) is 4.31. The van der Waals surface area contributed by atoms with Crippen LogP contribution in [-0.2, 0) is 11.3 Å². The van der Waals surface area contributed by atoms with Gasteiger partial charge in [0.1, 0.15) is 0 Å². The molecule has 0 aliphatic carbocycles. The lowest BCUT2D eigenvalue weighted by Crippen LogP contribution is -2.20. The largest absolute Gasteiger partial charge is 0.378 e. The standard InChI is InChI=1S/C13H16Cl3NO/c14-11-3-4-12(15)13(16)10(11)8-17-6-5-9-2-1-7-18-9/h3-4,9,17H,1-2,5-8H2. The van der Waals surface area contributed by atoms with Gasteiger partial charge in [-0.3, -0.25) is 0 Å². The molecule has 0 amide bonds. The van der Waals surface area contributed by atoms with E-state index in [0.717, 1.165) is 25.1 Å². The summed E-state index contributed by atoms with van der Waals surface area (Å²) in [5.41, 5.74) is 0.859. The van der Waals surface area contributed by atoms with E-state index in [1.165, 1.54) is 12.8 Å². The fourth-order valence-corrected chi connectivity index (χ4v) is 2.76. The van der Waals surface area contributed by atoms with Crippen LogP contribution in [0.25, 0.3) is 0 Å². The van der Waals surface area contributed by atoms with Crippen molar-refractivity contribution in [3.05, 3.63) is 32.8 Å². The molecule has 0 spiro atoms. The molecule has 2 nitrogen and oxygen atoms in total. The van der Waals surface area contributed by atoms with Crippen molar-refractivity contribution in [2.24, 2.45) is 0 Å². The van der Waals surface area contributed by atoms with E-state index in [-0.39, 0.29) is 0 Å². The molecule has 18 heavy (non-hydrogen) atoms. The van der Waals surface area contributed by atoms with Crippen LogP contribution in [0.5, 0.6) is 0 Å². The Kier molecular flexibility index (Phi) is 5.58. The van der Waals surface area contributed by atoms with Crippen LogP contribution >= 0.6 is 34.8 Å². The zero-order valence-corrected chi connectivity index (χ0v) is 12.3. The Morgan fingerprint density at radius 3 is 2.72 bits per heavy atom. The zero-order chi connectivity index (χ0) is 13.0. The first-order chi connectivity index (χ1) is 8.68. The van der Waals surface area contributed by atoms with Crippen molar-refractivity contribution in [3.8, 4) is 0 Å². The third-order valence-corrected chi connectivity index (χ3v) is 4.31.